The number of nitrogens with zero attached hydrogens (tertiary/aromatic N) is 1. The molecule has 6 heteroatoms. The Hall–Kier alpha value is 0.376. The summed E-state index contributed by atoms with van der Waals surface area (Å²) in [5.41, 5.74) is 0.167. The number of hydrogen-bond donors (Lipinski definition) is 0. The van der Waals surface area contributed by atoms with Crippen LogP contribution in [0.4, 0.5) is 0 Å². The Bertz CT molecular complexity index is 189. The van der Waals surface area contributed by atoms with Gasteiger partial charge in [-0.25, -0.2) is 0 Å². The number of ether oxygens (including phenoxy) is 1. The Morgan fingerprint density at radius 2 is 1.92 bits per heavy atom. The van der Waals surface area contributed by atoms with Crippen molar-refractivity contribution in [2.75, 3.05) is 7.11 Å². The first-order valence-corrected chi connectivity index (χ1v) is 3.67. The van der Waals surface area contributed by atoms with E-state index in [1.807, 2.05) is 0 Å². The van der Waals surface area contributed by atoms with Crippen molar-refractivity contribution < 1.29 is 65.8 Å². The Labute approximate surface area is 120 Å². The topological polar surface area (TPSA) is 75.4 Å². The maximum Gasteiger partial charge on any atom is 1.00 e. The monoisotopic (exact) mass is 213 g/mol. The number of carbonyl (C=O) groups excluding carboxylic acids is 1. The van der Waals surface area contributed by atoms with Crippen LogP contribution in [0, 0.1) is 10.4 Å². The average molecular weight is 213 g/mol. The van der Waals surface area contributed by atoms with E-state index in [4.69, 9.17) is 0 Å². The first kappa shape index (κ1) is 15.8. The van der Waals surface area contributed by atoms with Gasteiger partial charge in [0.05, 0.1) is 13.5 Å². The van der Waals surface area contributed by atoms with Crippen molar-refractivity contribution in [3.05, 3.63) is 10.4 Å². The predicted molar refractivity (Wildman–Crippen MR) is 43.5 cm³/mol. The molecular formula is C7H12KNO4. The molecule has 0 unspecified atom stereocenters. The van der Waals surface area contributed by atoms with Gasteiger partial charge in [-0.05, 0) is 0 Å². The Kier molecular flexibility index (Phi) is 10.9. The van der Waals surface area contributed by atoms with Crippen molar-refractivity contribution >= 4 is 11.7 Å². The maximum absolute atomic E-state index is 10.6. The van der Waals surface area contributed by atoms with E-state index >= 15 is 0 Å². The van der Waals surface area contributed by atoms with Gasteiger partial charge in [0.25, 0.3) is 0 Å². The van der Waals surface area contributed by atoms with Gasteiger partial charge in [-0.2, -0.15) is 4.90 Å². The Morgan fingerprint density at radius 1 is 1.38 bits per heavy atom. The third kappa shape index (κ3) is 7.45. The van der Waals surface area contributed by atoms with Gasteiger partial charge in [0.15, 0.2) is 5.71 Å². The first-order valence-electron chi connectivity index (χ1n) is 3.67. The molecular weight excluding hydrogens is 201 g/mol. The van der Waals surface area contributed by atoms with Crippen LogP contribution in [0.15, 0.2) is 0 Å². The van der Waals surface area contributed by atoms with Crippen molar-refractivity contribution in [2.24, 2.45) is 0 Å². The Balaban J connectivity index is 0. The molecule has 0 aliphatic carbocycles. The molecule has 5 nitrogen and oxygen atoms in total. The van der Waals surface area contributed by atoms with E-state index in [0.717, 1.165) is 0 Å². The quantitative estimate of drug-likeness (QED) is 0.175. The third-order valence-electron chi connectivity index (χ3n) is 1.51. The molecule has 0 fully saturated rings. The Morgan fingerprint density at radius 3 is 2.23 bits per heavy atom. The smallest absolute Gasteiger partial charge is 0.612 e. The molecule has 0 spiro atoms. The first-order chi connectivity index (χ1) is 5.61. The number of methoxy groups -OCH3 is 1. The molecule has 0 N–H and O–H groups in total. The van der Waals surface area contributed by atoms with Gasteiger partial charge in [0.2, 0.25) is 0 Å². The van der Waals surface area contributed by atoms with E-state index in [1.54, 1.807) is 6.92 Å². The third-order valence-corrected chi connectivity index (χ3v) is 1.51. The fraction of sp³-hybridized carbons (Fsp3) is 0.714. The molecule has 0 bridgehead atoms. The van der Waals surface area contributed by atoms with E-state index < -0.39 is 10.9 Å². The van der Waals surface area contributed by atoms with Gasteiger partial charge in [-0.3, -0.25) is 4.79 Å². The molecule has 0 heterocycles. The molecule has 0 atom stereocenters. The van der Waals surface area contributed by atoms with Crippen molar-refractivity contribution in [1.82, 2.24) is 0 Å². The number of esters is 1. The molecule has 13 heavy (non-hydrogen) atoms. The van der Waals surface area contributed by atoms with Crippen LogP contribution in [0.25, 0.3) is 0 Å². The summed E-state index contributed by atoms with van der Waals surface area (Å²) in [5, 5.41) is 20.5. The standard InChI is InChI=1S/C7H12NO4.K/c1-3-6(8(10)11)4-5-7(9)12-2;/h3-5H2,1-2H3;/q-1;+1. The average Bonchev–Trinajstić information content (AvgIpc) is 2.04. The van der Waals surface area contributed by atoms with Crippen LogP contribution in [0.1, 0.15) is 26.2 Å². The van der Waals surface area contributed by atoms with E-state index in [0.29, 0.717) is 6.42 Å². The molecule has 0 saturated carbocycles. The number of carbonyl (C=O) groups is 1. The minimum absolute atomic E-state index is 0. The second-order valence-electron chi connectivity index (χ2n) is 2.25. The molecule has 0 amide bonds. The van der Waals surface area contributed by atoms with Crippen molar-refractivity contribution in [3.8, 4) is 0 Å². The second-order valence-corrected chi connectivity index (χ2v) is 2.25. The van der Waals surface area contributed by atoms with Crippen LogP contribution in [0.3, 0.4) is 0 Å². The molecule has 0 rings (SSSR count). The molecule has 0 aromatic rings. The maximum atomic E-state index is 10.6. The summed E-state index contributed by atoms with van der Waals surface area (Å²) in [7, 11) is 1.26. The van der Waals surface area contributed by atoms with Gasteiger partial charge in [0.1, 0.15) is 0 Å². The molecule has 0 aliphatic rings. The largest absolute Gasteiger partial charge is 1.00 e. The normalized spacial score (nSPS) is 8.46. The summed E-state index contributed by atoms with van der Waals surface area (Å²) in [5.74, 6) is -0.414. The van der Waals surface area contributed by atoms with Crippen molar-refractivity contribution in [1.29, 1.82) is 0 Å². The van der Waals surface area contributed by atoms with Crippen LogP contribution in [-0.4, -0.2) is 23.7 Å². The van der Waals surface area contributed by atoms with E-state index in [2.05, 4.69) is 4.74 Å². The predicted octanol–water partition coefficient (Wildman–Crippen LogP) is -2.20. The molecule has 70 valence electrons. The summed E-state index contributed by atoms with van der Waals surface area (Å²) in [4.78, 5) is 10.2. The summed E-state index contributed by atoms with van der Waals surface area (Å²) in [6.45, 7) is 1.69. The molecule has 0 aromatic carbocycles. The van der Waals surface area contributed by atoms with Gasteiger partial charge < -0.3 is 15.2 Å². The summed E-state index contributed by atoms with van der Waals surface area (Å²) >= 11 is 0. The van der Waals surface area contributed by atoms with Crippen LogP contribution < -0.4 is 51.4 Å². The summed E-state index contributed by atoms with van der Waals surface area (Å²) in [6, 6.07) is 0. The zero-order valence-electron chi connectivity index (χ0n) is 8.20. The van der Waals surface area contributed by atoms with Gasteiger partial charge in [0, 0.05) is 12.8 Å². The van der Waals surface area contributed by atoms with Crippen LogP contribution >= 0.6 is 0 Å². The minimum Gasteiger partial charge on any atom is -0.612 e. The van der Waals surface area contributed by atoms with Crippen molar-refractivity contribution in [3.63, 3.8) is 0 Å². The minimum atomic E-state index is -0.442. The SMILES string of the molecule is CCC(CCC(=O)OC)=[N+]([O-])[O-].[K+]. The van der Waals surface area contributed by atoms with Crippen molar-refractivity contribution in [2.45, 2.75) is 26.2 Å². The van der Waals surface area contributed by atoms with Gasteiger partial charge in [-0.15, -0.1) is 0 Å². The zero-order valence-corrected chi connectivity index (χ0v) is 11.3. The molecule has 0 aliphatic heterocycles. The molecule has 0 radical (unpaired) electrons. The number of hydrogen-bond acceptors (Lipinski definition) is 4. The summed E-state index contributed by atoms with van der Waals surface area (Å²) in [6.07, 6.45) is 0.626. The molecule has 0 saturated heterocycles. The molecule has 0 aromatic heterocycles. The van der Waals surface area contributed by atoms with E-state index in [9.17, 15) is 15.2 Å². The second kappa shape index (κ2) is 8.95. The number of rotatable bonds is 4. The van der Waals surface area contributed by atoms with Gasteiger partial charge >= 0.3 is 57.4 Å². The van der Waals surface area contributed by atoms with Gasteiger partial charge in [-0.1, -0.05) is 6.92 Å². The van der Waals surface area contributed by atoms with Crippen LogP contribution in [-0.2, 0) is 9.53 Å². The van der Waals surface area contributed by atoms with E-state index in [1.165, 1.54) is 7.11 Å². The fourth-order valence-corrected chi connectivity index (χ4v) is 0.746. The van der Waals surface area contributed by atoms with Crippen LogP contribution in [0.2, 0.25) is 0 Å². The van der Waals surface area contributed by atoms with Crippen LogP contribution in [0.5, 0.6) is 0 Å². The van der Waals surface area contributed by atoms with E-state index in [-0.39, 0.29) is 69.9 Å². The summed E-state index contributed by atoms with van der Waals surface area (Å²) < 4.78 is 4.35. The zero-order chi connectivity index (χ0) is 9.56. The fourth-order valence-electron chi connectivity index (χ4n) is 0.746.